The standard InChI is InChI=1S/C20H26N2O4S/c1-4-17-9-5-6-11-19(17)21-20(23)15-22(27(3,24)25)13-12-16-8-7-10-18(14-16)26-2/h5-11,14H,4,12-13,15H2,1-3H3,(H,21,23). The van der Waals surface area contributed by atoms with E-state index in [1.807, 2.05) is 55.5 Å². The van der Waals surface area contributed by atoms with Gasteiger partial charge in [0.1, 0.15) is 5.75 Å². The highest BCUT2D eigenvalue weighted by atomic mass is 32.2. The van der Waals surface area contributed by atoms with E-state index in [1.165, 1.54) is 4.31 Å². The molecule has 2 aromatic rings. The molecule has 0 aliphatic rings. The molecule has 1 amide bonds. The van der Waals surface area contributed by atoms with E-state index in [2.05, 4.69) is 5.32 Å². The SMILES string of the molecule is CCc1ccccc1NC(=O)CN(CCc1cccc(OC)c1)S(C)(=O)=O. The summed E-state index contributed by atoms with van der Waals surface area (Å²) in [5, 5.41) is 2.82. The summed E-state index contributed by atoms with van der Waals surface area (Å²) in [6.07, 6.45) is 2.39. The number of rotatable bonds is 9. The van der Waals surface area contributed by atoms with Crippen molar-refractivity contribution in [1.82, 2.24) is 4.31 Å². The molecular formula is C20H26N2O4S. The van der Waals surface area contributed by atoms with Crippen molar-refractivity contribution in [2.24, 2.45) is 0 Å². The molecule has 0 saturated heterocycles. The fourth-order valence-corrected chi connectivity index (χ4v) is 3.52. The fourth-order valence-electron chi connectivity index (χ4n) is 2.74. The third kappa shape index (κ3) is 6.37. The highest BCUT2D eigenvalue weighted by molar-refractivity contribution is 7.88. The van der Waals surface area contributed by atoms with Crippen LogP contribution in [0.5, 0.6) is 5.75 Å². The van der Waals surface area contributed by atoms with Gasteiger partial charge in [0, 0.05) is 12.2 Å². The van der Waals surface area contributed by atoms with E-state index in [9.17, 15) is 13.2 Å². The van der Waals surface area contributed by atoms with Gasteiger partial charge in [-0.05, 0) is 42.2 Å². The maximum Gasteiger partial charge on any atom is 0.239 e. The molecule has 2 rings (SSSR count). The van der Waals surface area contributed by atoms with Gasteiger partial charge in [0.05, 0.1) is 19.9 Å². The van der Waals surface area contributed by atoms with Crippen molar-refractivity contribution in [3.63, 3.8) is 0 Å². The van der Waals surface area contributed by atoms with E-state index in [0.717, 1.165) is 23.8 Å². The first kappa shape index (κ1) is 20.9. The van der Waals surface area contributed by atoms with Crippen molar-refractivity contribution < 1.29 is 17.9 Å². The number of benzene rings is 2. The Morgan fingerprint density at radius 2 is 1.89 bits per heavy atom. The van der Waals surface area contributed by atoms with Crippen molar-refractivity contribution in [1.29, 1.82) is 0 Å². The highest BCUT2D eigenvalue weighted by Crippen LogP contribution is 2.16. The molecule has 0 saturated carbocycles. The van der Waals surface area contributed by atoms with Gasteiger partial charge in [0.2, 0.25) is 15.9 Å². The van der Waals surface area contributed by atoms with Crippen LogP contribution in [-0.4, -0.2) is 45.1 Å². The van der Waals surface area contributed by atoms with Crippen molar-refractivity contribution in [2.75, 3.05) is 31.8 Å². The van der Waals surface area contributed by atoms with E-state index in [0.29, 0.717) is 17.9 Å². The van der Waals surface area contributed by atoms with Crippen LogP contribution in [0, 0.1) is 0 Å². The van der Waals surface area contributed by atoms with E-state index in [4.69, 9.17) is 4.74 Å². The molecule has 0 aromatic heterocycles. The number of carbonyl (C=O) groups excluding carboxylic acids is 1. The van der Waals surface area contributed by atoms with Gasteiger partial charge in [0.15, 0.2) is 0 Å². The van der Waals surface area contributed by atoms with Crippen molar-refractivity contribution in [2.45, 2.75) is 19.8 Å². The first-order valence-corrected chi connectivity index (χ1v) is 10.6. The summed E-state index contributed by atoms with van der Waals surface area (Å²) in [4.78, 5) is 12.4. The third-order valence-electron chi connectivity index (χ3n) is 4.25. The predicted molar refractivity (Wildman–Crippen MR) is 108 cm³/mol. The summed E-state index contributed by atoms with van der Waals surface area (Å²) < 4.78 is 30.6. The van der Waals surface area contributed by atoms with Gasteiger partial charge >= 0.3 is 0 Å². The molecule has 146 valence electrons. The number of hydrogen-bond acceptors (Lipinski definition) is 4. The zero-order chi connectivity index (χ0) is 19.9. The normalized spacial score (nSPS) is 11.4. The molecule has 0 heterocycles. The van der Waals surface area contributed by atoms with E-state index in [1.54, 1.807) is 7.11 Å². The fraction of sp³-hybridized carbons (Fsp3) is 0.350. The summed E-state index contributed by atoms with van der Waals surface area (Å²) >= 11 is 0. The minimum absolute atomic E-state index is 0.217. The Kier molecular flexibility index (Phi) is 7.38. The average Bonchev–Trinajstić information content (AvgIpc) is 2.64. The Balaban J connectivity index is 2.04. The van der Waals surface area contributed by atoms with Gasteiger partial charge in [-0.25, -0.2) is 8.42 Å². The number of aryl methyl sites for hydroxylation is 1. The quantitative estimate of drug-likeness (QED) is 0.714. The molecule has 0 radical (unpaired) electrons. The number of ether oxygens (including phenoxy) is 1. The Hall–Kier alpha value is -2.38. The number of amides is 1. The molecular weight excluding hydrogens is 364 g/mol. The molecule has 0 aliphatic carbocycles. The van der Waals surface area contributed by atoms with Crippen LogP contribution >= 0.6 is 0 Å². The number of sulfonamides is 1. The average molecular weight is 391 g/mol. The molecule has 0 aliphatic heterocycles. The smallest absolute Gasteiger partial charge is 0.239 e. The summed E-state index contributed by atoms with van der Waals surface area (Å²) in [7, 11) is -1.93. The van der Waals surface area contributed by atoms with Crippen LogP contribution in [0.1, 0.15) is 18.1 Å². The van der Waals surface area contributed by atoms with Gasteiger partial charge in [-0.2, -0.15) is 4.31 Å². The van der Waals surface area contributed by atoms with Gasteiger partial charge in [-0.15, -0.1) is 0 Å². The number of methoxy groups -OCH3 is 1. The Bertz CT molecular complexity index is 881. The number of hydrogen-bond donors (Lipinski definition) is 1. The largest absolute Gasteiger partial charge is 0.497 e. The maximum absolute atomic E-state index is 12.4. The summed E-state index contributed by atoms with van der Waals surface area (Å²) in [6.45, 7) is 2.00. The third-order valence-corrected chi connectivity index (χ3v) is 5.50. The first-order valence-electron chi connectivity index (χ1n) is 8.79. The van der Waals surface area contributed by atoms with Crippen molar-refractivity contribution >= 4 is 21.6 Å². The topological polar surface area (TPSA) is 75.7 Å². The molecule has 7 heteroatoms. The lowest BCUT2D eigenvalue weighted by Crippen LogP contribution is -2.38. The molecule has 0 unspecified atom stereocenters. The molecule has 27 heavy (non-hydrogen) atoms. The van der Waals surface area contributed by atoms with Crippen molar-refractivity contribution in [3.8, 4) is 5.75 Å². The van der Waals surface area contributed by atoms with E-state index in [-0.39, 0.29) is 19.0 Å². The molecule has 0 fully saturated rings. The van der Waals surface area contributed by atoms with Crippen LogP contribution < -0.4 is 10.1 Å². The van der Waals surface area contributed by atoms with Crippen LogP contribution in [0.3, 0.4) is 0 Å². The first-order chi connectivity index (χ1) is 12.8. The summed E-state index contributed by atoms with van der Waals surface area (Å²) in [6, 6.07) is 14.9. The second-order valence-corrected chi connectivity index (χ2v) is 8.24. The van der Waals surface area contributed by atoms with E-state index >= 15 is 0 Å². The minimum Gasteiger partial charge on any atom is -0.497 e. The monoisotopic (exact) mass is 390 g/mol. The minimum atomic E-state index is -3.51. The lowest BCUT2D eigenvalue weighted by atomic mass is 10.1. The van der Waals surface area contributed by atoms with Gasteiger partial charge in [-0.3, -0.25) is 4.79 Å². The highest BCUT2D eigenvalue weighted by Gasteiger charge is 2.20. The summed E-state index contributed by atoms with van der Waals surface area (Å²) in [5.41, 5.74) is 2.67. The van der Waals surface area contributed by atoms with Crippen LogP contribution in [0.4, 0.5) is 5.69 Å². The zero-order valence-corrected chi connectivity index (χ0v) is 16.8. The van der Waals surface area contributed by atoms with Crippen LogP contribution in [0.15, 0.2) is 48.5 Å². The van der Waals surface area contributed by atoms with E-state index < -0.39 is 10.0 Å². The molecule has 1 N–H and O–H groups in total. The second-order valence-electron chi connectivity index (χ2n) is 6.26. The van der Waals surface area contributed by atoms with Crippen molar-refractivity contribution in [3.05, 3.63) is 59.7 Å². The Morgan fingerprint density at radius 3 is 2.56 bits per heavy atom. The number of nitrogens with zero attached hydrogens (tertiary/aromatic N) is 1. The molecule has 0 spiro atoms. The summed E-state index contributed by atoms with van der Waals surface area (Å²) in [5.74, 6) is 0.360. The molecule has 2 aromatic carbocycles. The number of para-hydroxylation sites is 1. The lowest BCUT2D eigenvalue weighted by molar-refractivity contribution is -0.116. The lowest BCUT2D eigenvalue weighted by Gasteiger charge is -2.20. The van der Waals surface area contributed by atoms with Gasteiger partial charge in [0.25, 0.3) is 0 Å². The molecule has 0 atom stereocenters. The van der Waals surface area contributed by atoms with Crippen LogP contribution in [0.25, 0.3) is 0 Å². The second kappa shape index (κ2) is 9.53. The maximum atomic E-state index is 12.4. The Morgan fingerprint density at radius 1 is 1.15 bits per heavy atom. The van der Waals surface area contributed by atoms with Gasteiger partial charge in [-0.1, -0.05) is 37.3 Å². The zero-order valence-electron chi connectivity index (χ0n) is 15.9. The molecule has 6 nitrogen and oxygen atoms in total. The van der Waals surface area contributed by atoms with Crippen LogP contribution in [0.2, 0.25) is 0 Å². The predicted octanol–water partition coefficient (Wildman–Crippen LogP) is 2.70. The van der Waals surface area contributed by atoms with Gasteiger partial charge < -0.3 is 10.1 Å². The number of anilines is 1. The van der Waals surface area contributed by atoms with Crippen LogP contribution in [-0.2, 0) is 27.7 Å². The number of carbonyl (C=O) groups is 1. The Labute approximate surface area is 161 Å². The number of nitrogens with one attached hydrogen (secondary N) is 1. The molecule has 0 bridgehead atoms.